The van der Waals surface area contributed by atoms with E-state index in [-0.39, 0.29) is 0 Å². The topological polar surface area (TPSA) is 69.2 Å². The van der Waals surface area contributed by atoms with E-state index in [4.69, 9.17) is 21.1 Å². The van der Waals surface area contributed by atoms with Crippen LogP contribution in [0.2, 0.25) is 5.02 Å². The number of nitrogens with one attached hydrogen (secondary N) is 1. The molecule has 1 amide bonds. The van der Waals surface area contributed by atoms with E-state index in [1.165, 1.54) is 24.5 Å². The standard InChI is InChI=1S/C22H27ClN2O4/c1-15(2)19-8-6-16(3)12-21(19)29-11-5-10-28-20-9-7-18(23)13-17(20)14-24-25-22(26)27-4/h6-9,12-15H,5,10-11H2,1-4H3,(H,25,26)/b24-14+. The van der Waals surface area contributed by atoms with Crippen LogP contribution in [0.3, 0.4) is 0 Å². The normalized spacial score (nSPS) is 11.0. The van der Waals surface area contributed by atoms with Crippen molar-refractivity contribution in [2.45, 2.75) is 33.1 Å². The maximum atomic E-state index is 11.1. The number of hydrogen-bond acceptors (Lipinski definition) is 5. The Balaban J connectivity index is 1.89. The number of methoxy groups -OCH3 is 1. The summed E-state index contributed by atoms with van der Waals surface area (Å²) < 4.78 is 16.3. The SMILES string of the molecule is COC(=O)N/N=C/c1cc(Cl)ccc1OCCCOc1cc(C)ccc1C(C)C. The van der Waals surface area contributed by atoms with Gasteiger partial charge in [-0.3, -0.25) is 0 Å². The lowest BCUT2D eigenvalue weighted by molar-refractivity contribution is 0.171. The van der Waals surface area contributed by atoms with Gasteiger partial charge in [-0.25, -0.2) is 10.2 Å². The predicted octanol–water partition coefficient (Wildman–Crippen LogP) is 5.31. The third-order valence-electron chi connectivity index (χ3n) is 4.11. The van der Waals surface area contributed by atoms with Gasteiger partial charge in [0, 0.05) is 17.0 Å². The number of aryl methyl sites for hydroxylation is 1. The second-order valence-electron chi connectivity index (χ2n) is 6.79. The fraction of sp³-hybridized carbons (Fsp3) is 0.364. The molecule has 0 saturated heterocycles. The highest BCUT2D eigenvalue weighted by Crippen LogP contribution is 2.27. The van der Waals surface area contributed by atoms with Crippen molar-refractivity contribution in [1.29, 1.82) is 0 Å². The van der Waals surface area contributed by atoms with Crippen LogP contribution in [0.25, 0.3) is 0 Å². The zero-order chi connectivity index (χ0) is 21.2. The number of benzene rings is 2. The summed E-state index contributed by atoms with van der Waals surface area (Å²) in [6.07, 6.45) is 1.52. The van der Waals surface area contributed by atoms with E-state index in [1.807, 2.05) is 0 Å². The molecule has 0 aromatic heterocycles. The number of carbonyl (C=O) groups is 1. The van der Waals surface area contributed by atoms with Crippen molar-refractivity contribution >= 4 is 23.9 Å². The maximum absolute atomic E-state index is 11.1. The first kappa shape index (κ1) is 22.6. The second-order valence-corrected chi connectivity index (χ2v) is 7.23. The number of halogens is 1. The zero-order valence-corrected chi connectivity index (χ0v) is 18.0. The molecule has 29 heavy (non-hydrogen) atoms. The molecule has 0 heterocycles. The molecule has 2 aromatic rings. The average molecular weight is 419 g/mol. The van der Waals surface area contributed by atoms with Gasteiger partial charge in [0.05, 0.1) is 26.5 Å². The molecule has 0 aliphatic heterocycles. The highest BCUT2D eigenvalue weighted by Gasteiger charge is 2.08. The van der Waals surface area contributed by atoms with Crippen LogP contribution in [0.4, 0.5) is 4.79 Å². The molecule has 0 unspecified atom stereocenters. The van der Waals surface area contributed by atoms with Gasteiger partial charge in [-0.15, -0.1) is 0 Å². The summed E-state index contributed by atoms with van der Waals surface area (Å²) in [5, 5.41) is 4.36. The lowest BCUT2D eigenvalue weighted by Gasteiger charge is -2.15. The van der Waals surface area contributed by atoms with Crippen LogP contribution in [0.5, 0.6) is 11.5 Å². The minimum atomic E-state index is -0.653. The molecule has 1 N–H and O–H groups in total. The highest BCUT2D eigenvalue weighted by atomic mass is 35.5. The summed E-state index contributed by atoms with van der Waals surface area (Å²) in [5.41, 5.74) is 5.25. The summed E-state index contributed by atoms with van der Waals surface area (Å²) in [6.45, 7) is 7.37. The molecular weight excluding hydrogens is 392 g/mol. The molecule has 0 saturated carbocycles. The molecule has 2 rings (SSSR count). The third kappa shape index (κ3) is 7.31. The van der Waals surface area contributed by atoms with E-state index in [2.05, 4.69) is 54.2 Å². The molecule has 0 spiro atoms. The van der Waals surface area contributed by atoms with Gasteiger partial charge in [-0.2, -0.15) is 5.10 Å². The quantitative estimate of drug-likeness (QED) is 0.340. The van der Waals surface area contributed by atoms with Gasteiger partial charge in [-0.05, 0) is 48.2 Å². The molecule has 0 fully saturated rings. The van der Waals surface area contributed by atoms with Crippen LogP contribution in [-0.4, -0.2) is 32.6 Å². The summed E-state index contributed by atoms with van der Waals surface area (Å²) in [5.74, 6) is 1.94. The molecule has 0 atom stereocenters. The number of hydrazone groups is 1. The average Bonchev–Trinajstić information content (AvgIpc) is 2.68. The van der Waals surface area contributed by atoms with Crippen molar-refractivity contribution in [3.8, 4) is 11.5 Å². The van der Waals surface area contributed by atoms with E-state index in [1.54, 1.807) is 18.2 Å². The Hall–Kier alpha value is -2.73. The lowest BCUT2D eigenvalue weighted by atomic mass is 10.0. The van der Waals surface area contributed by atoms with Crippen LogP contribution < -0.4 is 14.9 Å². The zero-order valence-electron chi connectivity index (χ0n) is 17.2. The Labute approximate surface area is 176 Å². The van der Waals surface area contributed by atoms with E-state index in [0.717, 1.165) is 5.75 Å². The van der Waals surface area contributed by atoms with Crippen LogP contribution in [0.1, 0.15) is 42.9 Å². The maximum Gasteiger partial charge on any atom is 0.427 e. The van der Waals surface area contributed by atoms with Crippen LogP contribution in [-0.2, 0) is 4.74 Å². The van der Waals surface area contributed by atoms with Crippen molar-refractivity contribution in [3.05, 3.63) is 58.1 Å². The first-order valence-corrected chi connectivity index (χ1v) is 9.81. The molecule has 0 radical (unpaired) electrons. The van der Waals surface area contributed by atoms with Crippen molar-refractivity contribution in [1.82, 2.24) is 5.43 Å². The van der Waals surface area contributed by atoms with Gasteiger partial charge in [-0.1, -0.05) is 37.6 Å². The summed E-state index contributed by atoms with van der Waals surface area (Å²) in [7, 11) is 1.27. The summed E-state index contributed by atoms with van der Waals surface area (Å²) in [6, 6.07) is 11.5. The van der Waals surface area contributed by atoms with E-state index in [9.17, 15) is 4.79 Å². The number of amides is 1. The Bertz CT molecular complexity index is 853. The molecule has 7 heteroatoms. The first-order valence-electron chi connectivity index (χ1n) is 9.43. The van der Waals surface area contributed by atoms with Crippen LogP contribution >= 0.6 is 11.6 Å². The number of nitrogens with zero attached hydrogens (tertiary/aromatic N) is 1. The number of ether oxygens (including phenoxy) is 3. The van der Waals surface area contributed by atoms with Gasteiger partial charge >= 0.3 is 6.09 Å². The minimum Gasteiger partial charge on any atom is -0.493 e. The first-order chi connectivity index (χ1) is 13.9. The van der Waals surface area contributed by atoms with Crippen molar-refractivity contribution < 1.29 is 19.0 Å². The van der Waals surface area contributed by atoms with Gasteiger partial charge < -0.3 is 14.2 Å². The fourth-order valence-corrected chi connectivity index (χ4v) is 2.80. The fourth-order valence-electron chi connectivity index (χ4n) is 2.62. The lowest BCUT2D eigenvalue weighted by Crippen LogP contribution is -2.16. The molecule has 0 aliphatic rings. The molecule has 0 bridgehead atoms. The molecular formula is C22H27ClN2O4. The largest absolute Gasteiger partial charge is 0.493 e. The smallest absolute Gasteiger partial charge is 0.427 e. The Kier molecular flexibility index (Phi) is 8.80. The second kappa shape index (κ2) is 11.3. The highest BCUT2D eigenvalue weighted by molar-refractivity contribution is 6.30. The summed E-state index contributed by atoms with van der Waals surface area (Å²) >= 11 is 6.04. The minimum absolute atomic E-state index is 0.399. The van der Waals surface area contributed by atoms with Gasteiger partial charge in [0.25, 0.3) is 0 Å². The van der Waals surface area contributed by atoms with Crippen LogP contribution in [0, 0.1) is 6.92 Å². The third-order valence-corrected chi connectivity index (χ3v) is 4.35. The number of carbonyl (C=O) groups excluding carboxylic acids is 1. The molecule has 2 aromatic carbocycles. The van der Waals surface area contributed by atoms with Gasteiger partial charge in [0.1, 0.15) is 11.5 Å². The number of hydrogen-bond donors (Lipinski definition) is 1. The van der Waals surface area contributed by atoms with Crippen molar-refractivity contribution in [2.24, 2.45) is 5.10 Å². The van der Waals surface area contributed by atoms with E-state index >= 15 is 0 Å². The molecule has 156 valence electrons. The predicted molar refractivity (Wildman–Crippen MR) is 115 cm³/mol. The monoisotopic (exact) mass is 418 g/mol. The van der Waals surface area contributed by atoms with Crippen molar-refractivity contribution in [3.63, 3.8) is 0 Å². The molecule has 6 nitrogen and oxygen atoms in total. The van der Waals surface area contributed by atoms with Gasteiger partial charge in [0.15, 0.2) is 0 Å². The Morgan fingerprint density at radius 3 is 2.55 bits per heavy atom. The summed E-state index contributed by atoms with van der Waals surface area (Å²) in [4.78, 5) is 11.1. The Morgan fingerprint density at radius 1 is 1.14 bits per heavy atom. The Morgan fingerprint density at radius 2 is 1.86 bits per heavy atom. The van der Waals surface area contributed by atoms with E-state index in [0.29, 0.717) is 41.9 Å². The van der Waals surface area contributed by atoms with Crippen molar-refractivity contribution in [2.75, 3.05) is 20.3 Å². The van der Waals surface area contributed by atoms with Crippen LogP contribution in [0.15, 0.2) is 41.5 Å². The number of rotatable bonds is 9. The van der Waals surface area contributed by atoms with Gasteiger partial charge in [0.2, 0.25) is 0 Å². The molecule has 0 aliphatic carbocycles. The van der Waals surface area contributed by atoms with E-state index < -0.39 is 6.09 Å².